The number of nitrogens with one attached hydrogen (secondary N) is 1. The van der Waals surface area contributed by atoms with Crippen molar-refractivity contribution in [2.75, 3.05) is 39.4 Å². The molecular formula is C22H42N2O2. The first kappa shape index (κ1) is 20.6. The molecule has 152 valence electrons. The highest BCUT2D eigenvalue weighted by Crippen LogP contribution is 2.33. The number of nitrogens with zero attached hydrogens (tertiary/aromatic N) is 1. The Morgan fingerprint density at radius 1 is 0.923 bits per heavy atom. The summed E-state index contributed by atoms with van der Waals surface area (Å²) in [7, 11) is 0. The fourth-order valence-electron chi connectivity index (χ4n) is 5.23. The third-order valence-electron chi connectivity index (χ3n) is 7.31. The fraction of sp³-hybridized carbons (Fsp3) is 1.00. The van der Waals surface area contributed by atoms with Crippen LogP contribution in [0.1, 0.15) is 65.7 Å². The van der Waals surface area contributed by atoms with Crippen molar-refractivity contribution < 1.29 is 9.47 Å². The Bertz CT molecular complexity index is 394. The van der Waals surface area contributed by atoms with E-state index in [0.717, 1.165) is 38.1 Å². The summed E-state index contributed by atoms with van der Waals surface area (Å²) in [4.78, 5) is 2.57. The van der Waals surface area contributed by atoms with Crippen LogP contribution >= 0.6 is 0 Å². The monoisotopic (exact) mass is 366 g/mol. The van der Waals surface area contributed by atoms with E-state index >= 15 is 0 Å². The van der Waals surface area contributed by atoms with Gasteiger partial charge >= 0.3 is 0 Å². The maximum Gasteiger partial charge on any atom is 0.0605 e. The van der Waals surface area contributed by atoms with Crippen LogP contribution in [0.25, 0.3) is 0 Å². The summed E-state index contributed by atoms with van der Waals surface area (Å²) in [5.41, 5.74) is 0. The number of hydrogen-bond donors (Lipinski definition) is 1. The average molecular weight is 367 g/mol. The quantitative estimate of drug-likeness (QED) is 0.710. The summed E-state index contributed by atoms with van der Waals surface area (Å²) in [6.07, 6.45) is 10.1. The minimum absolute atomic E-state index is 0.474. The first-order valence-corrected chi connectivity index (χ1v) is 11.3. The van der Waals surface area contributed by atoms with Crippen molar-refractivity contribution in [2.45, 2.75) is 84.0 Å². The molecule has 3 saturated heterocycles. The molecule has 0 radical (unpaired) electrons. The number of morpholine rings is 1. The molecule has 1 N–H and O–H groups in total. The molecule has 0 aliphatic carbocycles. The Morgan fingerprint density at radius 2 is 1.62 bits per heavy atom. The highest BCUT2D eigenvalue weighted by atomic mass is 16.5. The molecule has 26 heavy (non-hydrogen) atoms. The summed E-state index contributed by atoms with van der Waals surface area (Å²) >= 11 is 0. The van der Waals surface area contributed by atoms with Gasteiger partial charge in [0, 0.05) is 19.1 Å². The Balaban J connectivity index is 1.34. The van der Waals surface area contributed by atoms with E-state index in [2.05, 4.69) is 31.0 Å². The molecule has 0 aromatic carbocycles. The van der Waals surface area contributed by atoms with Crippen LogP contribution in [0.15, 0.2) is 0 Å². The summed E-state index contributed by atoms with van der Waals surface area (Å²) < 4.78 is 12.0. The van der Waals surface area contributed by atoms with Gasteiger partial charge in [-0.1, -0.05) is 20.3 Å². The predicted molar refractivity (Wildman–Crippen MR) is 108 cm³/mol. The lowest BCUT2D eigenvalue weighted by Gasteiger charge is -2.33. The smallest absolute Gasteiger partial charge is 0.0605 e. The minimum atomic E-state index is 0.474. The maximum absolute atomic E-state index is 6.49. The number of hydrogen-bond acceptors (Lipinski definition) is 4. The second kappa shape index (κ2) is 10.4. The van der Waals surface area contributed by atoms with E-state index in [9.17, 15) is 0 Å². The van der Waals surface area contributed by atoms with Crippen molar-refractivity contribution in [3.05, 3.63) is 0 Å². The highest BCUT2D eigenvalue weighted by Gasteiger charge is 2.32. The van der Waals surface area contributed by atoms with Gasteiger partial charge in [-0.05, 0) is 76.3 Å². The summed E-state index contributed by atoms with van der Waals surface area (Å²) in [6.45, 7) is 13.7. The molecule has 5 unspecified atom stereocenters. The zero-order valence-electron chi connectivity index (χ0n) is 17.4. The summed E-state index contributed by atoms with van der Waals surface area (Å²) in [5.74, 6) is 2.52. The van der Waals surface area contributed by atoms with Gasteiger partial charge < -0.3 is 14.8 Å². The Hall–Kier alpha value is -0.160. The molecule has 3 aliphatic rings. The molecule has 4 nitrogen and oxygen atoms in total. The second-order valence-corrected chi connectivity index (χ2v) is 9.23. The Kier molecular flexibility index (Phi) is 8.23. The number of piperidine rings is 1. The summed E-state index contributed by atoms with van der Waals surface area (Å²) in [5, 5.41) is 3.49. The van der Waals surface area contributed by atoms with Crippen LogP contribution < -0.4 is 5.32 Å². The largest absolute Gasteiger partial charge is 0.379 e. The van der Waals surface area contributed by atoms with Crippen LogP contribution in [-0.4, -0.2) is 62.5 Å². The average Bonchev–Trinajstić information content (AvgIpc) is 3.15. The zero-order chi connectivity index (χ0) is 18.4. The molecule has 0 amide bonds. The number of ether oxygens (including phenoxy) is 2. The molecule has 3 rings (SSSR count). The topological polar surface area (TPSA) is 33.7 Å². The van der Waals surface area contributed by atoms with Gasteiger partial charge in [-0.3, -0.25) is 4.90 Å². The van der Waals surface area contributed by atoms with Crippen molar-refractivity contribution in [1.82, 2.24) is 10.2 Å². The summed E-state index contributed by atoms with van der Waals surface area (Å²) in [6, 6.07) is 0.623. The van der Waals surface area contributed by atoms with Gasteiger partial charge in [-0.25, -0.2) is 0 Å². The lowest BCUT2D eigenvalue weighted by Crippen LogP contribution is -2.43. The van der Waals surface area contributed by atoms with E-state index in [4.69, 9.17) is 9.47 Å². The highest BCUT2D eigenvalue weighted by molar-refractivity contribution is 4.82. The van der Waals surface area contributed by atoms with E-state index in [0.29, 0.717) is 24.2 Å². The van der Waals surface area contributed by atoms with Crippen LogP contribution in [0, 0.1) is 17.8 Å². The van der Waals surface area contributed by atoms with Crippen molar-refractivity contribution in [3.63, 3.8) is 0 Å². The van der Waals surface area contributed by atoms with Crippen LogP contribution in [0.3, 0.4) is 0 Å². The lowest BCUT2D eigenvalue weighted by molar-refractivity contribution is -0.0207. The van der Waals surface area contributed by atoms with Gasteiger partial charge in [0.25, 0.3) is 0 Å². The number of rotatable bonds is 8. The first-order valence-electron chi connectivity index (χ1n) is 11.3. The van der Waals surface area contributed by atoms with Crippen LogP contribution in [-0.2, 0) is 9.47 Å². The lowest BCUT2D eigenvalue weighted by atomic mass is 9.81. The van der Waals surface area contributed by atoms with Gasteiger partial charge in [0.05, 0.1) is 25.4 Å². The van der Waals surface area contributed by atoms with Crippen molar-refractivity contribution in [2.24, 2.45) is 17.8 Å². The van der Waals surface area contributed by atoms with Crippen molar-refractivity contribution >= 4 is 0 Å². The van der Waals surface area contributed by atoms with E-state index in [1.165, 1.54) is 58.0 Å². The van der Waals surface area contributed by atoms with Crippen molar-refractivity contribution in [3.8, 4) is 0 Å². The molecule has 3 fully saturated rings. The predicted octanol–water partition coefficient (Wildman–Crippen LogP) is 3.70. The zero-order valence-corrected chi connectivity index (χ0v) is 17.4. The molecule has 0 aromatic heterocycles. The van der Waals surface area contributed by atoms with Gasteiger partial charge in [0.15, 0.2) is 0 Å². The van der Waals surface area contributed by atoms with Gasteiger partial charge in [-0.2, -0.15) is 0 Å². The molecule has 3 aliphatic heterocycles. The Labute approximate surface area is 161 Å². The normalized spacial score (nSPS) is 32.4. The van der Waals surface area contributed by atoms with Gasteiger partial charge in [-0.15, -0.1) is 0 Å². The maximum atomic E-state index is 6.49. The molecule has 5 atom stereocenters. The van der Waals surface area contributed by atoms with Gasteiger partial charge in [0.2, 0.25) is 0 Å². The first-order chi connectivity index (χ1) is 12.6. The Morgan fingerprint density at radius 3 is 2.35 bits per heavy atom. The SMILES string of the molecule is CC(CCC(C)C1CCC(CC(C)N2CCOCC2)O1)C1CCNCC1. The van der Waals surface area contributed by atoms with Crippen LogP contribution in [0.2, 0.25) is 0 Å². The van der Waals surface area contributed by atoms with Crippen LogP contribution in [0.4, 0.5) is 0 Å². The molecule has 4 heteroatoms. The van der Waals surface area contributed by atoms with Crippen LogP contribution in [0.5, 0.6) is 0 Å². The third kappa shape index (κ3) is 5.92. The fourth-order valence-corrected chi connectivity index (χ4v) is 5.23. The minimum Gasteiger partial charge on any atom is -0.379 e. The standard InChI is InChI=1S/C22H42N2O2/c1-17(20-8-10-23-11-9-20)4-5-18(2)22-7-6-21(26-22)16-19(3)24-12-14-25-15-13-24/h17-23H,4-16H2,1-3H3. The van der Waals surface area contributed by atoms with Crippen molar-refractivity contribution in [1.29, 1.82) is 0 Å². The van der Waals surface area contributed by atoms with Gasteiger partial charge in [0.1, 0.15) is 0 Å². The van der Waals surface area contributed by atoms with E-state index < -0.39 is 0 Å². The molecule has 0 spiro atoms. The third-order valence-corrected chi connectivity index (χ3v) is 7.31. The molecule has 0 bridgehead atoms. The van der Waals surface area contributed by atoms with E-state index in [-0.39, 0.29) is 0 Å². The molecule has 0 saturated carbocycles. The molecule has 3 heterocycles. The molecule has 0 aromatic rings. The van der Waals surface area contributed by atoms with E-state index in [1.807, 2.05) is 0 Å². The molecular weight excluding hydrogens is 324 g/mol. The van der Waals surface area contributed by atoms with E-state index in [1.54, 1.807) is 0 Å². The second-order valence-electron chi connectivity index (χ2n) is 9.23.